The smallest absolute Gasteiger partial charge is 0.276 e. The fraction of sp³-hybridized carbons (Fsp3) is 0.320. The molecule has 1 aliphatic heterocycles. The van der Waals surface area contributed by atoms with Gasteiger partial charge in [-0.1, -0.05) is 0 Å². The second-order valence-electron chi connectivity index (χ2n) is 8.71. The molecule has 0 saturated carbocycles. The average Bonchev–Trinajstić information content (AvgIpc) is 2.83. The number of carbonyl (C=O) groups excluding carboxylic acids is 1. The van der Waals surface area contributed by atoms with Crippen LogP contribution in [0.25, 0.3) is 11.3 Å². The highest BCUT2D eigenvalue weighted by molar-refractivity contribution is 6.08. The third-order valence-corrected chi connectivity index (χ3v) is 5.74. The van der Waals surface area contributed by atoms with Crippen molar-refractivity contribution in [1.82, 2.24) is 9.97 Å². The number of nitrogens with one attached hydrogen (secondary N) is 1. The Hall–Kier alpha value is -3.79. The molecular formula is C25H28F2N6O2. The molecule has 0 radical (unpaired) electrons. The molecule has 0 bridgehead atoms. The molecule has 184 valence electrons. The number of nitrogens with two attached hydrogens (primary N) is 2. The molecule has 10 heteroatoms. The summed E-state index contributed by atoms with van der Waals surface area (Å²) in [7, 11) is 0. The number of aromatic nitrogens is 2. The number of piperidine rings is 1. The van der Waals surface area contributed by atoms with E-state index < -0.39 is 23.1 Å². The lowest BCUT2D eigenvalue weighted by molar-refractivity contribution is 0.102. The number of rotatable bonds is 6. The van der Waals surface area contributed by atoms with Crippen LogP contribution in [0.3, 0.4) is 0 Å². The highest BCUT2D eigenvalue weighted by Gasteiger charge is 2.23. The third kappa shape index (κ3) is 5.32. The van der Waals surface area contributed by atoms with Crippen molar-refractivity contribution in [2.24, 2.45) is 5.73 Å². The number of halogens is 2. The van der Waals surface area contributed by atoms with Crippen LogP contribution in [0.15, 0.2) is 42.7 Å². The number of nitrogens with zero attached hydrogens (tertiary/aromatic N) is 3. The summed E-state index contributed by atoms with van der Waals surface area (Å²) in [5, 5.41) is 2.79. The molecule has 4 rings (SSSR count). The Morgan fingerprint density at radius 2 is 1.91 bits per heavy atom. The van der Waals surface area contributed by atoms with E-state index >= 15 is 4.39 Å². The van der Waals surface area contributed by atoms with Crippen molar-refractivity contribution in [3.05, 3.63) is 60.1 Å². The Morgan fingerprint density at radius 3 is 2.63 bits per heavy atom. The van der Waals surface area contributed by atoms with Gasteiger partial charge in [0.2, 0.25) is 0 Å². The number of anilines is 3. The quantitative estimate of drug-likeness (QED) is 0.486. The van der Waals surface area contributed by atoms with E-state index in [1.165, 1.54) is 24.4 Å². The van der Waals surface area contributed by atoms with Crippen LogP contribution in [-0.2, 0) is 0 Å². The number of amides is 1. The molecule has 1 amide bonds. The lowest BCUT2D eigenvalue weighted by atomic mass is 10.1. The maximum Gasteiger partial charge on any atom is 0.276 e. The number of pyridine rings is 2. The van der Waals surface area contributed by atoms with Gasteiger partial charge in [-0.05, 0) is 57.0 Å². The minimum atomic E-state index is -0.903. The van der Waals surface area contributed by atoms with E-state index in [4.69, 9.17) is 16.2 Å². The second kappa shape index (κ2) is 10.2. The summed E-state index contributed by atoms with van der Waals surface area (Å²) in [6.45, 7) is 4.96. The Kier molecular flexibility index (Phi) is 7.11. The van der Waals surface area contributed by atoms with E-state index in [2.05, 4.69) is 20.2 Å². The highest BCUT2D eigenvalue weighted by atomic mass is 19.1. The van der Waals surface area contributed by atoms with Crippen molar-refractivity contribution >= 4 is 23.0 Å². The molecule has 0 aliphatic carbocycles. The van der Waals surface area contributed by atoms with Crippen molar-refractivity contribution in [2.75, 3.05) is 29.0 Å². The first-order chi connectivity index (χ1) is 16.7. The summed E-state index contributed by atoms with van der Waals surface area (Å²) in [4.78, 5) is 23.6. The van der Waals surface area contributed by atoms with E-state index in [-0.39, 0.29) is 35.0 Å². The van der Waals surface area contributed by atoms with Gasteiger partial charge in [-0.3, -0.25) is 9.78 Å². The lowest BCUT2D eigenvalue weighted by Crippen LogP contribution is -2.40. The van der Waals surface area contributed by atoms with Crippen molar-refractivity contribution in [2.45, 2.75) is 38.8 Å². The fourth-order valence-electron chi connectivity index (χ4n) is 3.99. The largest absolute Gasteiger partial charge is 0.488 e. The highest BCUT2D eigenvalue weighted by Crippen LogP contribution is 2.33. The first-order valence-electron chi connectivity index (χ1n) is 11.4. The maximum atomic E-state index is 15.1. The zero-order chi connectivity index (χ0) is 25.1. The lowest BCUT2D eigenvalue weighted by Gasteiger charge is -2.33. The normalized spacial score (nSPS) is 14.3. The second-order valence-corrected chi connectivity index (χ2v) is 8.71. The van der Waals surface area contributed by atoms with Crippen molar-refractivity contribution < 1.29 is 18.3 Å². The Bertz CT molecular complexity index is 1230. The first kappa shape index (κ1) is 24.3. The van der Waals surface area contributed by atoms with Crippen molar-refractivity contribution in [3.63, 3.8) is 0 Å². The first-order valence-corrected chi connectivity index (χ1v) is 11.4. The van der Waals surface area contributed by atoms with Gasteiger partial charge in [0.15, 0.2) is 17.3 Å². The van der Waals surface area contributed by atoms with Gasteiger partial charge in [-0.2, -0.15) is 0 Å². The number of hydrogen-bond acceptors (Lipinski definition) is 7. The molecular weight excluding hydrogens is 454 g/mol. The summed E-state index contributed by atoms with van der Waals surface area (Å²) < 4.78 is 35.1. The minimum Gasteiger partial charge on any atom is -0.488 e. The van der Waals surface area contributed by atoms with Gasteiger partial charge in [0.25, 0.3) is 5.91 Å². The standard InChI is InChI=1S/C25H28F2N6O2/c1-14(2)35-21-6-3-16(26)22(23(21)27)18-5-4-17(29)24(31-18)25(34)32-19-13-30-10-7-20(19)33-11-8-15(28)9-12-33/h3-7,10,13-15H,8-9,11-12,28-29H2,1-2H3,(H,32,34). The molecule has 2 aromatic heterocycles. The van der Waals surface area contributed by atoms with Gasteiger partial charge in [-0.15, -0.1) is 0 Å². The van der Waals surface area contributed by atoms with Gasteiger partial charge in [0.1, 0.15) is 5.82 Å². The monoisotopic (exact) mass is 482 g/mol. The predicted octanol–water partition coefficient (Wildman–Crippen LogP) is 3.97. The average molecular weight is 483 g/mol. The van der Waals surface area contributed by atoms with Crippen LogP contribution in [0, 0.1) is 11.6 Å². The van der Waals surface area contributed by atoms with E-state index in [1.807, 2.05) is 6.07 Å². The van der Waals surface area contributed by atoms with Crippen LogP contribution in [0.4, 0.5) is 25.8 Å². The van der Waals surface area contributed by atoms with Crippen LogP contribution in [0.2, 0.25) is 0 Å². The molecule has 0 spiro atoms. The molecule has 1 fully saturated rings. The maximum absolute atomic E-state index is 15.1. The number of benzene rings is 1. The molecule has 1 aliphatic rings. The van der Waals surface area contributed by atoms with Crippen LogP contribution >= 0.6 is 0 Å². The summed E-state index contributed by atoms with van der Waals surface area (Å²) in [6.07, 6.45) is 4.54. The summed E-state index contributed by atoms with van der Waals surface area (Å²) >= 11 is 0. The number of ether oxygens (including phenoxy) is 1. The van der Waals surface area contributed by atoms with E-state index in [1.54, 1.807) is 20.0 Å². The predicted molar refractivity (Wildman–Crippen MR) is 131 cm³/mol. The van der Waals surface area contributed by atoms with Gasteiger partial charge < -0.3 is 26.4 Å². The Morgan fingerprint density at radius 1 is 1.17 bits per heavy atom. The zero-order valence-electron chi connectivity index (χ0n) is 19.6. The van der Waals surface area contributed by atoms with Gasteiger partial charge in [0, 0.05) is 25.3 Å². The van der Waals surface area contributed by atoms with Gasteiger partial charge in [-0.25, -0.2) is 13.8 Å². The molecule has 5 N–H and O–H groups in total. The molecule has 1 aromatic carbocycles. The third-order valence-electron chi connectivity index (χ3n) is 5.74. The van der Waals surface area contributed by atoms with Crippen LogP contribution in [-0.4, -0.2) is 41.1 Å². The van der Waals surface area contributed by atoms with Crippen LogP contribution in [0.5, 0.6) is 5.75 Å². The molecule has 8 nitrogen and oxygen atoms in total. The van der Waals surface area contributed by atoms with Crippen molar-refractivity contribution in [3.8, 4) is 17.0 Å². The van der Waals surface area contributed by atoms with E-state index in [9.17, 15) is 9.18 Å². The van der Waals surface area contributed by atoms with E-state index in [0.717, 1.165) is 37.7 Å². The van der Waals surface area contributed by atoms with Crippen molar-refractivity contribution in [1.29, 1.82) is 0 Å². The molecule has 0 atom stereocenters. The summed E-state index contributed by atoms with van der Waals surface area (Å²) in [5.74, 6) is -2.47. The fourth-order valence-corrected chi connectivity index (χ4v) is 3.99. The number of hydrogen-bond donors (Lipinski definition) is 3. The molecule has 0 unspecified atom stereocenters. The number of carbonyl (C=O) groups is 1. The SMILES string of the molecule is CC(C)Oc1ccc(F)c(-c2ccc(N)c(C(=O)Nc3cnccc3N3CCC(N)CC3)n2)c1F. The molecule has 35 heavy (non-hydrogen) atoms. The Balaban J connectivity index is 1.65. The van der Waals surface area contributed by atoms with Crippen LogP contribution in [0.1, 0.15) is 37.2 Å². The van der Waals surface area contributed by atoms with Gasteiger partial charge >= 0.3 is 0 Å². The zero-order valence-corrected chi connectivity index (χ0v) is 19.6. The Labute approximate surface area is 202 Å². The molecule has 3 aromatic rings. The minimum absolute atomic E-state index is 0.0658. The summed E-state index contributed by atoms with van der Waals surface area (Å²) in [6, 6.07) is 7.03. The van der Waals surface area contributed by atoms with Crippen LogP contribution < -0.4 is 26.4 Å². The molecule has 3 heterocycles. The van der Waals surface area contributed by atoms with Gasteiger partial charge in [0.05, 0.1) is 40.6 Å². The van der Waals surface area contributed by atoms with E-state index in [0.29, 0.717) is 5.69 Å². The molecule has 1 saturated heterocycles. The number of nitrogen functional groups attached to an aromatic ring is 1. The summed E-state index contributed by atoms with van der Waals surface area (Å²) in [5.41, 5.74) is 12.7. The topological polar surface area (TPSA) is 119 Å².